The minimum atomic E-state index is -0.0691. The zero-order valence-corrected chi connectivity index (χ0v) is 22.4. The number of imidazole rings is 1. The molecule has 0 spiro atoms. The van der Waals surface area contributed by atoms with E-state index in [1.54, 1.807) is 0 Å². The van der Waals surface area contributed by atoms with Gasteiger partial charge < -0.3 is 9.47 Å². The minimum Gasteiger partial charge on any atom is -0.463 e. The molecule has 1 aromatic rings. The third-order valence-electron chi connectivity index (χ3n) is 7.18. The second-order valence-corrected chi connectivity index (χ2v) is 10.5. The number of hydrogen-bond donors (Lipinski definition) is 0. The van der Waals surface area contributed by atoms with Crippen molar-refractivity contribution in [2.75, 3.05) is 13.2 Å². The molecule has 0 saturated carbocycles. The maximum atomic E-state index is 12.0. The Morgan fingerprint density at radius 2 is 1.59 bits per heavy atom. The van der Waals surface area contributed by atoms with E-state index in [0.29, 0.717) is 18.9 Å². The van der Waals surface area contributed by atoms with E-state index in [1.807, 2.05) is 17.8 Å². The lowest BCUT2D eigenvalue weighted by Crippen LogP contribution is -2.23. The molecule has 34 heavy (non-hydrogen) atoms. The quantitative estimate of drug-likeness (QED) is 0.110. The predicted molar refractivity (Wildman–Crippen MR) is 139 cm³/mol. The summed E-state index contributed by atoms with van der Waals surface area (Å²) in [5, 5.41) is 0. The molecule has 1 fully saturated rings. The molecule has 0 N–H and O–H groups in total. The van der Waals surface area contributed by atoms with Gasteiger partial charge in [0.2, 0.25) is 6.33 Å². The molecule has 196 valence electrons. The molecule has 0 radical (unpaired) electrons. The normalized spacial score (nSPS) is 17.9. The summed E-state index contributed by atoms with van der Waals surface area (Å²) >= 11 is 0. The number of aryl methyl sites for hydroxylation is 2. The summed E-state index contributed by atoms with van der Waals surface area (Å²) < 4.78 is 15.6. The van der Waals surface area contributed by atoms with Crippen LogP contribution in [0, 0.1) is 5.92 Å². The van der Waals surface area contributed by atoms with Gasteiger partial charge in [0.25, 0.3) is 0 Å². The molecule has 2 atom stereocenters. The molecule has 0 amide bonds. The number of aromatic nitrogens is 2. The van der Waals surface area contributed by atoms with Crippen molar-refractivity contribution in [2.45, 2.75) is 135 Å². The van der Waals surface area contributed by atoms with E-state index in [9.17, 15) is 4.79 Å². The molecule has 0 aliphatic carbocycles. The Morgan fingerprint density at radius 1 is 0.941 bits per heavy atom. The van der Waals surface area contributed by atoms with Gasteiger partial charge in [0.1, 0.15) is 19.0 Å². The van der Waals surface area contributed by atoms with Gasteiger partial charge in [-0.2, -0.15) is 0 Å². The minimum absolute atomic E-state index is 0.0691. The molecule has 5 heteroatoms. The smallest absolute Gasteiger partial charge is 0.305 e. The number of nitrogens with zero attached hydrogens (tertiary/aromatic N) is 2. The molecule has 0 bridgehead atoms. The predicted octanol–water partition coefficient (Wildman–Crippen LogP) is 6.91. The van der Waals surface area contributed by atoms with E-state index in [0.717, 1.165) is 38.8 Å². The first-order chi connectivity index (χ1) is 16.7. The van der Waals surface area contributed by atoms with Gasteiger partial charge in [0.15, 0.2) is 0 Å². The molecular weight excluding hydrogens is 424 g/mol. The van der Waals surface area contributed by atoms with Crippen LogP contribution >= 0.6 is 0 Å². The fourth-order valence-corrected chi connectivity index (χ4v) is 5.00. The van der Waals surface area contributed by atoms with Crippen molar-refractivity contribution < 1.29 is 18.8 Å². The monoisotopic (exact) mass is 477 g/mol. The maximum absolute atomic E-state index is 12.0. The van der Waals surface area contributed by atoms with Crippen molar-refractivity contribution in [3.8, 4) is 0 Å². The highest BCUT2D eigenvalue weighted by atomic mass is 16.6. The standard InChI is InChI=1S/C29H53N2O3/c1-3-4-5-6-7-8-9-10-11-12-13-15-18-27-23-28(33-24-27)25-34-29(32)19-16-14-17-20-31-22-21-30(2)26-31/h21-22,26-28H,3-20,23-25H2,1-2H3/q+1/t27-,28+/m0/s1. The molecule has 5 nitrogen and oxygen atoms in total. The van der Waals surface area contributed by atoms with Gasteiger partial charge >= 0.3 is 5.97 Å². The number of hydrogen-bond acceptors (Lipinski definition) is 3. The van der Waals surface area contributed by atoms with Crippen molar-refractivity contribution in [1.29, 1.82) is 0 Å². The van der Waals surface area contributed by atoms with Crippen molar-refractivity contribution in [3.05, 3.63) is 18.7 Å². The zero-order valence-electron chi connectivity index (χ0n) is 22.4. The van der Waals surface area contributed by atoms with Crippen LogP contribution in [0.5, 0.6) is 0 Å². The summed E-state index contributed by atoms with van der Waals surface area (Å²) in [6.45, 7) is 4.57. The molecule has 2 rings (SSSR count). The van der Waals surface area contributed by atoms with Crippen molar-refractivity contribution in [3.63, 3.8) is 0 Å². The lowest BCUT2D eigenvalue weighted by molar-refractivity contribution is -0.671. The Kier molecular flexibility index (Phi) is 16.1. The molecule has 0 unspecified atom stereocenters. The van der Waals surface area contributed by atoms with Crippen LogP contribution in [0.2, 0.25) is 0 Å². The molecule has 0 aromatic carbocycles. The molecule has 1 saturated heterocycles. The summed E-state index contributed by atoms with van der Waals surface area (Å²) in [5.74, 6) is 0.586. The third-order valence-corrected chi connectivity index (χ3v) is 7.18. The topological polar surface area (TPSA) is 44.3 Å². The molecule has 1 aromatic heterocycles. The number of ether oxygens (including phenoxy) is 2. The van der Waals surface area contributed by atoms with Gasteiger partial charge in [-0.1, -0.05) is 84.0 Å². The largest absolute Gasteiger partial charge is 0.463 e. The lowest BCUT2D eigenvalue weighted by atomic mass is 9.97. The van der Waals surface area contributed by atoms with Crippen LogP contribution < -0.4 is 4.57 Å². The van der Waals surface area contributed by atoms with E-state index in [2.05, 4.69) is 24.0 Å². The van der Waals surface area contributed by atoms with Crippen LogP contribution in [0.3, 0.4) is 0 Å². The van der Waals surface area contributed by atoms with Gasteiger partial charge in [-0.25, -0.2) is 9.13 Å². The van der Waals surface area contributed by atoms with Crippen LogP contribution in [0.1, 0.15) is 122 Å². The molecular formula is C29H53N2O3+. The fourth-order valence-electron chi connectivity index (χ4n) is 5.00. The summed E-state index contributed by atoms with van der Waals surface area (Å²) in [4.78, 5) is 12.0. The molecule has 2 heterocycles. The Morgan fingerprint density at radius 3 is 2.24 bits per heavy atom. The number of carbonyl (C=O) groups excluding carboxylic acids is 1. The molecule has 1 aliphatic heterocycles. The number of unbranched alkanes of at least 4 members (excludes halogenated alkanes) is 13. The Bertz CT molecular complexity index is 631. The van der Waals surface area contributed by atoms with E-state index in [-0.39, 0.29) is 12.1 Å². The first-order valence-electron chi connectivity index (χ1n) is 14.5. The summed E-state index contributed by atoms with van der Waals surface area (Å²) in [7, 11) is 2.03. The Balaban J connectivity index is 1.34. The van der Waals surface area contributed by atoms with E-state index in [4.69, 9.17) is 9.47 Å². The van der Waals surface area contributed by atoms with Crippen LogP contribution in [0.25, 0.3) is 0 Å². The summed E-state index contributed by atoms with van der Waals surface area (Å²) in [6, 6.07) is 0. The highest BCUT2D eigenvalue weighted by Crippen LogP contribution is 2.25. The summed E-state index contributed by atoms with van der Waals surface area (Å²) in [6.07, 6.45) is 29.0. The van der Waals surface area contributed by atoms with Gasteiger partial charge in [0.05, 0.1) is 26.3 Å². The van der Waals surface area contributed by atoms with Gasteiger partial charge in [-0.15, -0.1) is 0 Å². The van der Waals surface area contributed by atoms with E-state index >= 15 is 0 Å². The Hall–Kier alpha value is -1.36. The van der Waals surface area contributed by atoms with Crippen molar-refractivity contribution in [2.24, 2.45) is 13.0 Å². The van der Waals surface area contributed by atoms with Crippen LogP contribution in [-0.4, -0.2) is 29.9 Å². The second-order valence-electron chi connectivity index (χ2n) is 10.5. The maximum Gasteiger partial charge on any atom is 0.305 e. The fraction of sp³-hybridized carbons (Fsp3) is 0.862. The van der Waals surface area contributed by atoms with Gasteiger partial charge in [0, 0.05) is 6.42 Å². The van der Waals surface area contributed by atoms with Crippen molar-refractivity contribution >= 4 is 5.97 Å². The van der Waals surface area contributed by atoms with Crippen LogP contribution in [0.15, 0.2) is 18.7 Å². The highest BCUT2D eigenvalue weighted by Gasteiger charge is 2.26. The first kappa shape index (κ1) is 28.9. The Labute approximate surface area is 209 Å². The van der Waals surface area contributed by atoms with Gasteiger partial charge in [-0.05, 0) is 38.0 Å². The lowest BCUT2D eigenvalue weighted by Gasteiger charge is -2.11. The van der Waals surface area contributed by atoms with E-state index in [1.165, 1.54) is 83.5 Å². The third kappa shape index (κ3) is 14.1. The van der Waals surface area contributed by atoms with Crippen molar-refractivity contribution in [1.82, 2.24) is 4.57 Å². The summed E-state index contributed by atoms with van der Waals surface area (Å²) in [5.41, 5.74) is 0. The SMILES string of the molecule is CCCCCCCCCCCCCC[C@@H]1CO[C@@H](COC(=O)CCCCCn2cc[n+](C)c2)C1. The van der Waals surface area contributed by atoms with Gasteiger partial charge in [-0.3, -0.25) is 4.79 Å². The van der Waals surface area contributed by atoms with Crippen LogP contribution in [-0.2, 0) is 27.9 Å². The number of rotatable bonds is 21. The first-order valence-corrected chi connectivity index (χ1v) is 14.5. The average Bonchev–Trinajstić information content (AvgIpc) is 3.46. The number of carbonyl (C=O) groups is 1. The second kappa shape index (κ2) is 18.9. The van der Waals surface area contributed by atoms with Crippen LogP contribution in [0.4, 0.5) is 0 Å². The molecule has 1 aliphatic rings. The highest BCUT2D eigenvalue weighted by molar-refractivity contribution is 5.69. The van der Waals surface area contributed by atoms with E-state index < -0.39 is 0 Å². The number of esters is 1. The average molecular weight is 478 g/mol. The zero-order chi connectivity index (χ0) is 24.3.